The maximum atomic E-state index is 15.7. The number of primary amides is 1. The summed E-state index contributed by atoms with van der Waals surface area (Å²) in [6.45, 7) is 7.88. The zero-order valence-corrected chi connectivity index (χ0v) is 66.4. The van der Waals surface area contributed by atoms with Crippen LogP contribution in [0.5, 0.6) is 5.75 Å². The predicted octanol–water partition coefficient (Wildman–Crippen LogP) is -2.76. The fourth-order valence-electron chi connectivity index (χ4n) is 20.3. The molecule has 11 rings (SSSR count). The predicted molar refractivity (Wildman–Crippen MR) is 414 cm³/mol. The second-order valence-electron chi connectivity index (χ2n) is 33.0. The van der Waals surface area contributed by atoms with Gasteiger partial charge >= 0.3 is 5.97 Å². The second-order valence-corrected chi connectivity index (χ2v) is 33.0. The zero-order chi connectivity index (χ0) is 82.7. The lowest BCUT2D eigenvalue weighted by atomic mass is 9.47. The number of esters is 1. The molecule has 626 valence electrons. The number of amides is 10. The maximum absolute atomic E-state index is 15.7. The number of H-pyrrole nitrogens is 1. The van der Waals surface area contributed by atoms with Gasteiger partial charge in [0.1, 0.15) is 66.2 Å². The lowest BCUT2D eigenvalue weighted by molar-refractivity contribution is -0.203. The highest BCUT2D eigenvalue weighted by molar-refractivity contribution is 5.99. The van der Waals surface area contributed by atoms with Crippen LogP contribution in [0.25, 0.3) is 10.9 Å². The summed E-state index contributed by atoms with van der Waals surface area (Å²) in [5.41, 5.74) is 2.46. The van der Waals surface area contributed by atoms with Crippen LogP contribution < -0.4 is 57.9 Å². The molecular formula is C80H116N14O20. The molecule has 10 amide bonds. The first-order valence-electron chi connectivity index (χ1n) is 40.2. The van der Waals surface area contributed by atoms with Gasteiger partial charge in [-0.1, -0.05) is 77.3 Å². The number of likely N-dealkylation sites (N-methyl/N-ethyl adjacent to an activating group) is 1. The maximum Gasteiger partial charge on any atom is 0.322 e. The molecule has 7 heterocycles. The van der Waals surface area contributed by atoms with Crippen LogP contribution in [0.1, 0.15) is 147 Å². The fraction of sp³-hybridized carbons (Fsp3) is 0.662. The molecule has 3 aromatic rings. The van der Waals surface area contributed by atoms with Gasteiger partial charge in [-0.2, -0.15) is 0 Å². The van der Waals surface area contributed by atoms with Crippen molar-refractivity contribution in [1.29, 1.82) is 0 Å². The number of hydrogen-bond donors (Lipinski definition) is 17. The van der Waals surface area contributed by atoms with E-state index >= 15 is 9.59 Å². The van der Waals surface area contributed by atoms with E-state index < -0.39 is 204 Å². The molecule has 5 fully saturated rings. The number of para-hydroxylation sites is 1. The Bertz CT molecular complexity index is 4150. The Morgan fingerprint density at radius 2 is 1.42 bits per heavy atom. The number of β-amino-alcohol motifs (C(OH)–C–C–N with tert-alkyl or cyclic N) is 1. The normalized spacial score (nSPS) is 29.2. The highest BCUT2D eigenvalue weighted by Crippen LogP contribution is 2.68. The van der Waals surface area contributed by atoms with Gasteiger partial charge in [-0.15, -0.1) is 0 Å². The molecule has 2 saturated carbocycles. The number of methoxy groups -OCH3 is 2. The number of carbonyl (C=O) groups excluding carboxylic acids is 11. The number of nitrogens with zero attached hydrogens (tertiary/aromatic N) is 4. The highest BCUT2D eigenvalue weighted by Gasteiger charge is 2.79. The smallest absolute Gasteiger partial charge is 0.322 e. The van der Waals surface area contributed by atoms with Crippen LogP contribution >= 0.6 is 0 Å². The van der Waals surface area contributed by atoms with Gasteiger partial charge in [-0.3, -0.25) is 62.5 Å². The van der Waals surface area contributed by atoms with Gasteiger partial charge in [0.05, 0.1) is 45.2 Å². The van der Waals surface area contributed by atoms with Crippen molar-refractivity contribution in [3.8, 4) is 5.75 Å². The first-order chi connectivity index (χ1) is 54.3. The van der Waals surface area contributed by atoms with E-state index in [1.54, 1.807) is 28.0 Å². The third kappa shape index (κ3) is 16.1. The minimum atomic E-state index is -2.53. The van der Waals surface area contributed by atoms with E-state index in [1.165, 1.54) is 14.0 Å². The van der Waals surface area contributed by atoms with E-state index in [2.05, 4.69) is 57.3 Å². The first-order valence-corrected chi connectivity index (χ1v) is 40.2. The quantitative estimate of drug-likeness (QED) is 0.0176. The number of anilines is 1. The van der Waals surface area contributed by atoms with Crippen LogP contribution in [0.2, 0.25) is 0 Å². The summed E-state index contributed by atoms with van der Waals surface area (Å²) in [6.07, 6.45) is 5.58. The van der Waals surface area contributed by atoms with E-state index in [-0.39, 0.29) is 44.8 Å². The number of fused-ring (bicyclic) bond motifs is 6. The molecule has 18 N–H and O–H groups in total. The van der Waals surface area contributed by atoms with E-state index in [0.29, 0.717) is 113 Å². The zero-order valence-electron chi connectivity index (χ0n) is 66.4. The van der Waals surface area contributed by atoms with Gasteiger partial charge in [-0.25, -0.2) is 0 Å². The topological polar surface area (TPSA) is 499 Å². The molecule has 18 atom stereocenters. The van der Waals surface area contributed by atoms with Gasteiger partial charge in [0, 0.05) is 116 Å². The molecule has 1 aromatic heterocycles. The van der Waals surface area contributed by atoms with Crippen molar-refractivity contribution in [2.45, 2.75) is 220 Å². The minimum absolute atomic E-state index is 0.0773. The third-order valence-electron chi connectivity index (χ3n) is 25.8. The number of aliphatic hydroxyl groups is 7. The van der Waals surface area contributed by atoms with E-state index in [1.807, 2.05) is 67.3 Å². The number of hydrogen-bond acceptors (Lipinski definition) is 23. The van der Waals surface area contributed by atoms with Crippen molar-refractivity contribution in [2.75, 3.05) is 98.3 Å². The Labute approximate surface area is 662 Å². The molecule has 114 heavy (non-hydrogen) atoms. The van der Waals surface area contributed by atoms with Gasteiger partial charge < -0.3 is 108 Å². The summed E-state index contributed by atoms with van der Waals surface area (Å²) in [7, 11) is 4.72. The Morgan fingerprint density at radius 1 is 0.746 bits per heavy atom. The molecule has 3 saturated heterocycles. The molecule has 2 aliphatic carbocycles. The van der Waals surface area contributed by atoms with Crippen LogP contribution in [0.4, 0.5) is 5.69 Å². The lowest BCUT2D eigenvalue weighted by Gasteiger charge is -2.63. The minimum Gasteiger partial charge on any atom is -0.496 e. The van der Waals surface area contributed by atoms with Crippen molar-refractivity contribution in [1.82, 2.24) is 62.2 Å². The monoisotopic (exact) mass is 1590 g/mol. The molecule has 2 unspecified atom stereocenters. The number of aromatic nitrogens is 1. The molecule has 1 spiro atoms. The van der Waals surface area contributed by atoms with E-state index in [9.17, 15) is 78.9 Å². The van der Waals surface area contributed by atoms with Crippen LogP contribution in [0.3, 0.4) is 0 Å². The van der Waals surface area contributed by atoms with Crippen molar-refractivity contribution in [3.05, 3.63) is 70.9 Å². The van der Waals surface area contributed by atoms with Gasteiger partial charge in [0.2, 0.25) is 53.2 Å². The molecule has 34 nitrogen and oxygen atoms in total. The SMILES string of the molecule is CC[C@]1(O)C[C@H]2CN(CCc3c([nH]c4ccccc34)[C@@](C(=O)OC)(c3cc4c(cc3OC)N(C)[C@@H]3C45CCN4CC=C[C@](CC)([C@H]45)[C@@H](O)[C@]3(O)C(=O)NCCCNC(=O)[C@@H](NC(=O)[C@H](CO)NC(=O)[C@H](CCC(N)=O)NC(=O)[C@@H](NC(=O)[C@H](CO)NC(=O)[C@H](C)NC(=O)[C@@H]3C[C@@H](O)CN3C(=O)CO)C3CCCCC3)C(C)C)C2)C1. The fourth-order valence-corrected chi connectivity index (χ4v) is 20.3. The number of carbonyl (C=O) groups is 11. The molecule has 34 heteroatoms. The molecule has 2 aromatic carbocycles. The van der Waals surface area contributed by atoms with Crippen molar-refractivity contribution in [3.63, 3.8) is 0 Å². The summed E-state index contributed by atoms with van der Waals surface area (Å²) in [6, 6.07) is -0.0752. The van der Waals surface area contributed by atoms with Crippen LogP contribution in [-0.4, -0.2) is 292 Å². The number of benzene rings is 2. The summed E-state index contributed by atoms with van der Waals surface area (Å²) in [4.78, 5) is 164. The largest absolute Gasteiger partial charge is 0.496 e. The summed E-state index contributed by atoms with van der Waals surface area (Å²) < 4.78 is 12.5. The Kier molecular flexibility index (Phi) is 26.6. The average molecular weight is 1590 g/mol. The summed E-state index contributed by atoms with van der Waals surface area (Å²) in [5, 5.41) is 101. The average Bonchev–Trinajstić information content (AvgIpc) is 1.46. The number of aliphatic hydroxyl groups excluding tert-OH is 5. The van der Waals surface area contributed by atoms with Gasteiger partial charge in [-0.05, 0) is 119 Å². The number of aromatic amines is 1. The molecule has 6 aliphatic heterocycles. The molecule has 2 bridgehead atoms. The number of nitrogens with two attached hydrogens (primary N) is 1. The van der Waals surface area contributed by atoms with E-state index in [4.69, 9.17) is 15.2 Å². The summed E-state index contributed by atoms with van der Waals surface area (Å²) in [5.74, 6) is -10.6. The van der Waals surface area contributed by atoms with Gasteiger partial charge in [0.25, 0.3) is 5.91 Å². The molecule has 8 aliphatic rings. The standard InChI is InChI=1S/C80H116N14O20/c1-9-76(111)35-45-36-79(75(110)114-8,63-49(24-30-92(37-45)42-76)48-20-14-15-21-52(48)85-63)51-33-50-56(34-58(51)113-7)91(6)72-78(50)26-31-93-29-16-25-77(10-2,71(78)93)73(108)80(72,112)74(109)83-28-17-27-82-69(106)61(43(3)4)89-66(103)55(40-96)88-65(102)53(22-23-59(81)99)86-70(107)62(46-18-12-11-13-19-46)90-67(104)54(39-95)87-64(101)44(5)84-68(105)57-32-47(98)38-94(57)60(100)41-97/h14-16,20-21,25,33-34,43-47,53-55,57,61-62,71-73,85,95-98,108,111-112H,9-13,17-19,22-24,26-32,35-42H2,1-8H3,(H2,81,99)(H,82,106)(H,83,109)(H,84,105)(H,86,107)(H,87,101)(H,88,102)(H,89,103)(H,90,104)/t44-,45+,47+,53-,54-,55-,57-,61-,62-,71-,72+,73+,76-,77+,78?,79-,80-/m0/s1. The third-order valence-corrected chi connectivity index (χ3v) is 25.8. The number of rotatable bonds is 31. The van der Waals surface area contributed by atoms with Crippen LogP contribution in [0.15, 0.2) is 48.6 Å². The van der Waals surface area contributed by atoms with Crippen molar-refractivity contribution < 1.29 is 98.0 Å². The Morgan fingerprint density at radius 3 is 2.08 bits per heavy atom. The van der Waals surface area contributed by atoms with Crippen LogP contribution in [-0.2, 0) is 74.7 Å². The van der Waals surface area contributed by atoms with E-state index in [0.717, 1.165) is 33.4 Å². The van der Waals surface area contributed by atoms with Crippen molar-refractivity contribution >= 4 is 81.6 Å². The van der Waals surface area contributed by atoms with Crippen LogP contribution in [0, 0.1) is 23.2 Å². The Balaban J connectivity index is 0.768. The highest BCUT2D eigenvalue weighted by atomic mass is 16.5. The lowest BCUT2D eigenvalue weighted by Crippen LogP contribution is -2.81. The molecular weight excluding hydrogens is 1480 g/mol. The second kappa shape index (κ2) is 35.3. The molecule has 0 radical (unpaired) electrons. The number of likely N-dealkylation sites (tertiary alicyclic amines) is 1. The number of ether oxygens (including phenoxy) is 2. The summed E-state index contributed by atoms with van der Waals surface area (Å²) >= 11 is 0. The van der Waals surface area contributed by atoms with Gasteiger partial charge in [0.15, 0.2) is 5.60 Å². The first kappa shape index (κ1) is 86.0. The number of piperidine rings is 1. The van der Waals surface area contributed by atoms with Crippen molar-refractivity contribution in [2.24, 2.45) is 28.9 Å². The Hall–Kier alpha value is -8.87. The number of nitrogens with one attached hydrogen (secondary N) is 9.